The first-order chi connectivity index (χ1) is 8.56. The van der Waals surface area contributed by atoms with Crippen LogP contribution < -0.4 is 5.73 Å². The molecule has 0 aromatic heterocycles. The van der Waals surface area contributed by atoms with E-state index in [4.69, 9.17) is 5.73 Å². The summed E-state index contributed by atoms with van der Waals surface area (Å²) in [6, 6.07) is 12.7. The van der Waals surface area contributed by atoms with Crippen LogP contribution in [0.2, 0.25) is 0 Å². The maximum atomic E-state index is 13.0. The molecule has 0 radical (unpaired) electrons. The highest BCUT2D eigenvalue weighted by Gasteiger charge is 2.09. The molecule has 0 saturated carbocycles. The SMILES string of the molecule is Cc1cc(F)ccc1CC(N)c1cccc(Br)c1. The van der Waals surface area contributed by atoms with Crippen molar-refractivity contribution in [2.75, 3.05) is 0 Å². The topological polar surface area (TPSA) is 26.0 Å². The van der Waals surface area contributed by atoms with Crippen molar-refractivity contribution in [3.8, 4) is 0 Å². The van der Waals surface area contributed by atoms with E-state index >= 15 is 0 Å². The fraction of sp³-hybridized carbons (Fsp3) is 0.200. The molecule has 18 heavy (non-hydrogen) atoms. The Morgan fingerprint density at radius 3 is 2.67 bits per heavy atom. The van der Waals surface area contributed by atoms with Crippen LogP contribution in [-0.2, 0) is 6.42 Å². The van der Waals surface area contributed by atoms with Crippen molar-refractivity contribution >= 4 is 15.9 Å². The summed E-state index contributed by atoms with van der Waals surface area (Å²) in [5, 5.41) is 0. The molecule has 1 atom stereocenters. The van der Waals surface area contributed by atoms with Crippen LogP contribution in [0.1, 0.15) is 22.7 Å². The second-order valence-electron chi connectivity index (χ2n) is 4.44. The van der Waals surface area contributed by atoms with E-state index in [0.29, 0.717) is 6.42 Å². The van der Waals surface area contributed by atoms with Crippen LogP contribution in [0.15, 0.2) is 46.9 Å². The average molecular weight is 308 g/mol. The first-order valence-electron chi connectivity index (χ1n) is 5.82. The van der Waals surface area contributed by atoms with Gasteiger partial charge in [0.2, 0.25) is 0 Å². The number of hydrogen-bond donors (Lipinski definition) is 1. The molecule has 0 amide bonds. The van der Waals surface area contributed by atoms with Gasteiger partial charge in [0.15, 0.2) is 0 Å². The van der Waals surface area contributed by atoms with E-state index in [-0.39, 0.29) is 11.9 Å². The summed E-state index contributed by atoms with van der Waals surface area (Å²) >= 11 is 3.43. The summed E-state index contributed by atoms with van der Waals surface area (Å²) in [4.78, 5) is 0. The van der Waals surface area contributed by atoms with Gasteiger partial charge in [-0.25, -0.2) is 4.39 Å². The number of nitrogens with two attached hydrogens (primary N) is 1. The summed E-state index contributed by atoms with van der Waals surface area (Å²) in [6.45, 7) is 1.91. The number of hydrogen-bond acceptors (Lipinski definition) is 1. The molecule has 3 heteroatoms. The summed E-state index contributed by atoms with van der Waals surface area (Å²) in [5.41, 5.74) is 9.30. The Morgan fingerprint density at radius 2 is 2.00 bits per heavy atom. The second-order valence-corrected chi connectivity index (χ2v) is 5.35. The van der Waals surface area contributed by atoms with E-state index < -0.39 is 0 Å². The maximum Gasteiger partial charge on any atom is 0.123 e. The highest BCUT2D eigenvalue weighted by molar-refractivity contribution is 9.10. The molecule has 0 bridgehead atoms. The lowest BCUT2D eigenvalue weighted by atomic mass is 9.97. The number of halogens is 2. The Bertz CT molecular complexity index is 554. The van der Waals surface area contributed by atoms with E-state index in [1.807, 2.05) is 37.3 Å². The zero-order valence-corrected chi connectivity index (χ0v) is 11.7. The number of aryl methyl sites for hydroxylation is 1. The third-order valence-electron chi connectivity index (χ3n) is 3.02. The van der Waals surface area contributed by atoms with Gasteiger partial charge in [-0.2, -0.15) is 0 Å². The molecule has 2 aromatic carbocycles. The molecule has 0 saturated heterocycles. The van der Waals surface area contributed by atoms with Crippen LogP contribution in [0.4, 0.5) is 4.39 Å². The normalized spacial score (nSPS) is 12.4. The van der Waals surface area contributed by atoms with Crippen LogP contribution in [0.3, 0.4) is 0 Å². The van der Waals surface area contributed by atoms with Crippen molar-refractivity contribution < 1.29 is 4.39 Å². The van der Waals surface area contributed by atoms with E-state index in [1.54, 1.807) is 6.07 Å². The van der Waals surface area contributed by atoms with Gasteiger partial charge >= 0.3 is 0 Å². The van der Waals surface area contributed by atoms with Crippen LogP contribution in [0, 0.1) is 12.7 Å². The third-order valence-corrected chi connectivity index (χ3v) is 3.51. The highest BCUT2D eigenvalue weighted by Crippen LogP contribution is 2.21. The van der Waals surface area contributed by atoms with Gasteiger partial charge in [-0.15, -0.1) is 0 Å². The van der Waals surface area contributed by atoms with Crippen molar-refractivity contribution in [3.05, 3.63) is 69.4 Å². The molecular formula is C15H15BrFN. The molecular weight excluding hydrogens is 293 g/mol. The van der Waals surface area contributed by atoms with Crippen molar-refractivity contribution in [2.24, 2.45) is 5.73 Å². The summed E-state index contributed by atoms with van der Waals surface area (Å²) in [5.74, 6) is -0.202. The zero-order chi connectivity index (χ0) is 13.1. The Hall–Kier alpha value is -1.19. The lowest BCUT2D eigenvalue weighted by Crippen LogP contribution is -2.14. The minimum absolute atomic E-state index is 0.0772. The van der Waals surface area contributed by atoms with Crippen molar-refractivity contribution in [1.29, 1.82) is 0 Å². The van der Waals surface area contributed by atoms with Gasteiger partial charge in [0, 0.05) is 10.5 Å². The Labute approximate surface area is 115 Å². The molecule has 2 N–H and O–H groups in total. The fourth-order valence-corrected chi connectivity index (χ4v) is 2.40. The van der Waals surface area contributed by atoms with Gasteiger partial charge in [-0.05, 0) is 54.3 Å². The molecule has 1 unspecified atom stereocenters. The first-order valence-corrected chi connectivity index (χ1v) is 6.61. The predicted octanol–water partition coefficient (Wildman–Crippen LogP) is 4.14. The fourth-order valence-electron chi connectivity index (χ4n) is 1.98. The predicted molar refractivity (Wildman–Crippen MR) is 75.9 cm³/mol. The molecule has 0 aliphatic rings. The van der Waals surface area contributed by atoms with Crippen LogP contribution in [0.25, 0.3) is 0 Å². The van der Waals surface area contributed by atoms with E-state index in [9.17, 15) is 4.39 Å². The summed E-state index contributed by atoms with van der Waals surface area (Å²) < 4.78 is 14.0. The minimum Gasteiger partial charge on any atom is -0.324 e. The molecule has 1 nitrogen and oxygen atoms in total. The molecule has 2 rings (SSSR count). The van der Waals surface area contributed by atoms with E-state index in [1.165, 1.54) is 6.07 Å². The van der Waals surface area contributed by atoms with Crippen molar-refractivity contribution in [1.82, 2.24) is 0 Å². The minimum atomic E-state index is -0.202. The van der Waals surface area contributed by atoms with Gasteiger partial charge in [0.25, 0.3) is 0 Å². The van der Waals surface area contributed by atoms with E-state index in [0.717, 1.165) is 21.2 Å². The largest absolute Gasteiger partial charge is 0.324 e. The van der Waals surface area contributed by atoms with Gasteiger partial charge in [-0.1, -0.05) is 34.1 Å². The number of benzene rings is 2. The summed E-state index contributed by atoms with van der Waals surface area (Å²) in [6.07, 6.45) is 0.711. The molecule has 2 aromatic rings. The van der Waals surface area contributed by atoms with Crippen molar-refractivity contribution in [3.63, 3.8) is 0 Å². The van der Waals surface area contributed by atoms with Crippen molar-refractivity contribution in [2.45, 2.75) is 19.4 Å². The molecule has 94 valence electrons. The standard InChI is InChI=1S/C15H15BrFN/c1-10-7-14(17)6-5-11(10)9-15(18)12-3-2-4-13(16)8-12/h2-8,15H,9,18H2,1H3. The van der Waals surface area contributed by atoms with Gasteiger partial charge in [0.1, 0.15) is 5.82 Å². The zero-order valence-electron chi connectivity index (χ0n) is 10.2. The lowest BCUT2D eigenvalue weighted by molar-refractivity contribution is 0.624. The maximum absolute atomic E-state index is 13.0. The average Bonchev–Trinajstić information content (AvgIpc) is 2.32. The Kier molecular flexibility index (Phi) is 4.15. The number of rotatable bonds is 3. The van der Waals surface area contributed by atoms with Gasteiger partial charge in [-0.3, -0.25) is 0 Å². The Morgan fingerprint density at radius 1 is 1.22 bits per heavy atom. The monoisotopic (exact) mass is 307 g/mol. The van der Waals surface area contributed by atoms with Crippen LogP contribution >= 0.6 is 15.9 Å². The molecule has 0 aliphatic carbocycles. The van der Waals surface area contributed by atoms with Gasteiger partial charge in [0.05, 0.1) is 0 Å². The quantitative estimate of drug-likeness (QED) is 0.906. The van der Waals surface area contributed by atoms with E-state index in [2.05, 4.69) is 15.9 Å². The smallest absolute Gasteiger partial charge is 0.123 e. The lowest BCUT2D eigenvalue weighted by Gasteiger charge is -2.14. The third kappa shape index (κ3) is 3.18. The van der Waals surface area contributed by atoms with Crippen LogP contribution in [0.5, 0.6) is 0 Å². The second kappa shape index (κ2) is 5.63. The van der Waals surface area contributed by atoms with Gasteiger partial charge < -0.3 is 5.73 Å². The molecule has 0 aliphatic heterocycles. The molecule has 0 fully saturated rings. The van der Waals surface area contributed by atoms with Crippen LogP contribution in [-0.4, -0.2) is 0 Å². The molecule has 0 heterocycles. The molecule has 0 spiro atoms. The summed E-state index contributed by atoms with van der Waals surface area (Å²) in [7, 11) is 0. The highest BCUT2D eigenvalue weighted by atomic mass is 79.9. The Balaban J connectivity index is 2.18. The first kappa shape index (κ1) is 13.2.